The van der Waals surface area contributed by atoms with Crippen molar-refractivity contribution in [2.75, 3.05) is 0 Å². The van der Waals surface area contributed by atoms with E-state index in [9.17, 15) is 91.0 Å². The molecule has 0 aliphatic rings. The highest BCUT2D eigenvalue weighted by Gasteiger charge is 2.83. The zero-order valence-corrected chi connectivity index (χ0v) is 15.7. The Balaban J connectivity index is 4.73. The smallest absolute Gasteiger partial charge is 0.252 e. The van der Waals surface area contributed by atoms with Crippen molar-refractivity contribution >= 4 is 0 Å². The maximum absolute atomic E-state index is 11.2. The molecule has 0 radical (unpaired) electrons. The fraction of sp³-hybridized carbons (Fsp3) is 0.500. The first-order valence-corrected chi connectivity index (χ1v) is 7.39. The van der Waals surface area contributed by atoms with E-state index in [0.29, 0.717) is 0 Å². The Morgan fingerprint density at radius 3 is 0.528 bits per heavy atom. The maximum atomic E-state index is 11.2. The third-order valence-electron chi connectivity index (χ3n) is 3.83. The van der Waals surface area contributed by atoms with Gasteiger partial charge in [-0.1, -0.05) is 0 Å². The standard InChI is InChI=1S/C6N12O18/c19-10(20)4(11(21)22,12(23)24)1-7-2(5(13(25)26,14(27)28)15(29)30)9-3(8-1)6(16(31)32,17(33)34)18(35)36. The van der Waals surface area contributed by atoms with Crippen molar-refractivity contribution in [3.63, 3.8) is 0 Å². The number of rotatable bonds is 12. The normalized spacial score (nSPS) is 11.7. The fourth-order valence-electron chi connectivity index (χ4n) is 2.16. The molecular weight excluding hydrogens is 528 g/mol. The summed E-state index contributed by atoms with van der Waals surface area (Å²) in [6.45, 7) is 0. The molecule has 0 unspecified atom stereocenters. The van der Waals surface area contributed by atoms with Gasteiger partial charge in [-0.05, 0) is 0 Å². The monoisotopic (exact) mass is 528 g/mol. The van der Waals surface area contributed by atoms with Gasteiger partial charge in [0.05, 0.1) is 0 Å². The minimum Gasteiger partial charge on any atom is -0.252 e. The molecule has 192 valence electrons. The molecule has 0 amide bonds. The molecular formula is C6N12O18. The molecule has 0 fully saturated rings. The van der Waals surface area contributed by atoms with Crippen LogP contribution in [0.5, 0.6) is 0 Å². The summed E-state index contributed by atoms with van der Waals surface area (Å²) in [6.07, 6.45) is 0. The Bertz CT molecular complexity index is 996. The summed E-state index contributed by atoms with van der Waals surface area (Å²) >= 11 is 0. The van der Waals surface area contributed by atoms with Crippen LogP contribution in [-0.4, -0.2) is 59.3 Å². The van der Waals surface area contributed by atoms with Crippen molar-refractivity contribution in [3.8, 4) is 0 Å². The molecule has 0 bridgehead atoms. The molecule has 30 nitrogen and oxygen atoms in total. The quantitative estimate of drug-likeness (QED) is 0.145. The highest BCUT2D eigenvalue weighted by atomic mass is 16.8. The largest absolute Gasteiger partial charge is 0.763 e. The van der Waals surface area contributed by atoms with E-state index in [1.807, 2.05) is 0 Å². The van der Waals surface area contributed by atoms with Gasteiger partial charge in [-0.3, -0.25) is 91.0 Å². The number of hydrogen-bond acceptors (Lipinski definition) is 21. The van der Waals surface area contributed by atoms with Gasteiger partial charge in [-0.2, -0.15) is 15.0 Å². The lowest BCUT2D eigenvalue weighted by molar-refractivity contribution is -0.992. The van der Waals surface area contributed by atoms with Crippen LogP contribution in [0.3, 0.4) is 0 Å². The average Bonchev–Trinajstić information content (AvgIpc) is 2.66. The summed E-state index contributed by atoms with van der Waals surface area (Å²) in [5.74, 6) is -24.6. The Morgan fingerprint density at radius 2 is 0.444 bits per heavy atom. The topological polar surface area (TPSA) is 427 Å². The van der Waals surface area contributed by atoms with Gasteiger partial charge in [-0.15, -0.1) is 0 Å². The van der Waals surface area contributed by atoms with E-state index in [1.165, 1.54) is 0 Å². The molecule has 30 heteroatoms. The summed E-state index contributed by atoms with van der Waals surface area (Å²) in [6, 6.07) is 0. The van der Waals surface area contributed by atoms with E-state index in [0.717, 1.165) is 0 Å². The number of nitrogens with zero attached hydrogens (tertiary/aromatic N) is 12. The van der Waals surface area contributed by atoms with Gasteiger partial charge in [-0.25, -0.2) is 0 Å². The second kappa shape index (κ2) is 8.51. The summed E-state index contributed by atoms with van der Waals surface area (Å²) < 4.78 is 0. The van der Waals surface area contributed by atoms with Crippen LogP contribution in [0, 0.1) is 91.0 Å². The van der Waals surface area contributed by atoms with Crippen LogP contribution in [0.1, 0.15) is 17.5 Å². The summed E-state index contributed by atoms with van der Waals surface area (Å²) in [5, 5.41) is 101. The molecule has 0 N–H and O–H groups in total. The zero-order chi connectivity index (χ0) is 28.5. The molecule has 1 aromatic heterocycles. The van der Waals surface area contributed by atoms with E-state index in [2.05, 4.69) is 15.0 Å². The van der Waals surface area contributed by atoms with Gasteiger partial charge in [0.25, 0.3) is 0 Å². The summed E-state index contributed by atoms with van der Waals surface area (Å²) in [4.78, 5) is 85.1. The fourth-order valence-corrected chi connectivity index (χ4v) is 2.16. The first-order chi connectivity index (χ1) is 16.3. The third-order valence-corrected chi connectivity index (χ3v) is 3.83. The van der Waals surface area contributed by atoms with Crippen LogP contribution >= 0.6 is 0 Å². The van der Waals surface area contributed by atoms with Crippen molar-refractivity contribution in [2.45, 2.75) is 17.4 Å². The molecule has 0 atom stereocenters. The van der Waals surface area contributed by atoms with Crippen molar-refractivity contribution < 1.29 is 44.3 Å². The SMILES string of the molecule is O=[N+]([O-])C(c1nc(C([N+](=O)[O-])([N+](=O)[O-])[N+](=O)[O-])nc(C([N+](=O)[O-])([N+](=O)[O-])[N+](=O)[O-])n1)([N+](=O)[O-])[N+](=O)[O-]. The molecule has 0 aromatic carbocycles. The predicted octanol–water partition coefficient (Wildman–Crippen LogP) is -3.31. The molecule has 1 rings (SSSR count). The predicted molar refractivity (Wildman–Crippen MR) is 87.8 cm³/mol. The van der Waals surface area contributed by atoms with E-state index in [1.54, 1.807) is 0 Å². The maximum Gasteiger partial charge on any atom is 0.763 e. The van der Waals surface area contributed by atoms with Crippen LogP contribution in [0.2, 0.25) is 0 Å². The van der Waals surface area contributed by atoms with E-state index in [4.69, 9.17) is 0 Å². The molecule has 36 heavy (non-hydrogen) atoms. The van der Waals surface area contributed by atoms with Crippen LogP contribution in [0.25, 0.3) is 0 Å². The number of hydrogen-bond donors (Lipinski definition) is 0. The van der Waals surface area contributed by atoms with Crippen LogP contribution in [0.4, 0.5) is 0 Å². The highest BCUT2D eigenvalue weighted by molar-refractivity contribution is 5.05. The second-order valence-corrected chi connectivity index (χ2v) is 5.53. The van der Waals surface area contributed by atoms with Gasteiger partial charge < -0.3 is 0 Å². The Hall–Kier alpha value is -6.39. The first kappa shape index (κ1) is 27.6. The first-order valence-electron chi connectivity index (χ1n) is 7.39. The molecule has 0 aliphatic heterocycles. The lowest BCUT2D eigenvalue weighted by Crippen LogP contribution is -2.57. The highest BCUT2D eigenvalue weighted by Crippen LogP contribution is 2.32. The molecule has 0 saturated carbocycles. The Labute approximate surface area is 186 Å². The lowest BCUT2D eigenvalue weighted by atomic mass is 10.2. The van der Waals surface area contributed by atoms with Crippen molar-refractivity contribution in [2.24, 2.45) is 0 Å². The molecule has 1 aromatic rings. The van der Waals surface area contributed by atoms with Gasteiger partial charge >= 0.3 is 34.8 Å². The van der Waals surface area contributed by atoms with Crippen LogP contribution < -0.4 is 0 Å². The van der Waals surface area contributed by atoms with Gasteiger partial charge in [0.15, 0.2) is 44.3 Å². The molecule has 0 spiro atoms. The van der Waals surface area contributed by atoms with Gasteiger partial charge in [0, 0.05) is 0 Å². The minimum atomic E-state index is -5.29. The number of nitro groups is 9. The Kier molecular flexibility index (Phi) is 6.54. The van der Waals surface area contributed by atoms with Crippen LogP contribution in [-0.2, 0) is 17.4 Å². The van der Waals surface area contributed by atoms with Crippen molar-refractivity contribution in [3.05, 3.63) is 109 Å². The van der Waals surface area contributed by atoms with Gasteiger partial charge in [0.1, 0.15) is 0 Å². The van der Waals surface area contributed by atoms with Gasteiger partial charge in [0.2, 0.25) is 0 Å². The average molecular weight is 528 g/mol. The van der Waals surface area contributed by atoms with Crippen LogP contribution in [0.15, 0.2) is 0 Å². The van der Waals surface area contributed by atoms with E-state index in [-0.39, 0.29) is 0 Å². The molecule has 0 aliphatic carbocycles. The second-order valence-electron chi connectivity index (χ2n) is 5.53. The van der Waals surface area contributed by atoms with Crippen molar-refractivity contribution in [1.29, 1.82) is 0 Å². The number of aromatic nitrogens is 3. The molecule has 0 saturated heterocycles. The van der Waals surface area contributed by atoms with E-state index >= 15 is 0 Å². The van der Waals surface area contributed by atoms with Crippen molar-refractivity contribution in [1.82, 2.24) is 15.0 Å². The lowest BCUT2D eigenvalue weighted by Gasteiger charge is -2.12. The molecule has 1 heterocycles. The summed E-state index contributed by atoms with van der Waals surface area (Å²) in [5.41, 5.74) is 0. The minimum absolute atomic E-state index is 2.26. The zero-order valence-electron chi connectivity index (χ0n) is 15.7. The third kappa shape index (κ3) is 3.25. The summed E-state index contributed by atoms with van der Waals surface area (Å²) in [7, 11) is 0. The Morgan fingerprint density at radius 1 is 0.333 bits per heavy atom. The van der Waals surface area contributed by atoms with E-state index < -0.39 is 79.1 Å².